The standard InChI is InChI=1S/C14H25NO3/c1-2-3-4-12-5-7-13(8-6-12)15(11-16)10-9-14(17)18/h11-13H,2-10H2,1H3,(H,17,18). The summed E-state index contributed by atoms with van der Waals surface area (Å²) in [6.07, 6.45) is 9.16. The van der Waals surface area contributed by atoms with Crippen LogP contribution in [-0.2, 0) is 9.59 Å². The summed E-state index contributed by atoms with van der Waals surface area (Å²) in [4.78, 5) is 23.2. The van der Waals surface area contributed by atoms with E-state index in [0.717, 1.165) is 25.2 Å². The first-order valence-electron chi connectivity index (χ1n) is 7.10. The highest BCUT2D eigenvalue weighted by atomic mass is 16.4. The summed E-state index contributed by atoms with van der Waals surface area (Å²) < 4.78 is 0. The minimum Gasteiger partial charge on any atom is -0.481 e. The van der Waals surface area contributed by atoms with Crippen LogP contribution in [0.15, 0.2) is 0 Å². The van der Waals surface area contributed by atoms with E-state index < -0.39 is 5.97 Å². The highest BCUT2D eigenvalue weighted by Crippen LogP contribution is 2.30. The quantitative estimate of drug-likeness (QED) is 0.678. The molecule has 1 saturated carbocycles. The molecule has 0 heterocycles. The molecule has 1 aliphatic carbocycles. The van der Waals surface area contributed by atoms with E-state index in [4.69, 9.17) is 5.11 Å². The molecule has 4 heteroatoms. The first kappa shape index (κ1) is 15.0. The van der Waals surface area contributed by atoms with Crippen molar-refractivity contribution < 1.29 is 14.7 Å². The minimum absolute atomic E-state index is 0.0501. The van der Waals surface area contributed by atoms with Gasteiger partial charge in [-0.1, -0.05) is 26.2 Å². The van der Waals surface area contributed by atoms with E-state index in [1.54, 1.807) is 4.90 Å². The Morgan fingerprint density at radius 2 is 2.00 bits per heavy atom. The topological polar surface area (TPSA) is 57.6 Å². The third-order valence-corrected chi connectivity index (χ3v) is 3.97. The van der Waals surface area contributed by atoms with Crippen LogP contribution in [0.3, 0.4) is 0 Å². The molecule has 1 aliphatic rings. The van der Waals surface area contributed by atoms with Crippen molar-refractivity contribution in [2.45, 2.75) is 64.3 Å². The molecule has 0 aromatic rings. The molecule has 18 heavy (non-hydrogen) atoms. The van der Waals surface area contributed by atoms with Crippen LogP contribution in [0.4, 0.5) is 0 Å². The Morgan fingerprint density at radius 1 is 1.33 bits per heavy atom. The maximum absolute atomic E-state index is 11.0. The Labute approximate surface area is 109 Å². The van der Waals surface area contributed by atoms with Crippen LogP contribution >= 0.6 is 0 Å². The molecule has 0 saturated heterocycles. The van der Waals surface area contributed by atoms with E-state index in [2.05, 4.69) is 6.92 Å². The van der Waals surface area contributed by atoms with Crippen molar-refractivity contribution in [3.63, 3.8) is 0 Å². The first-order valence-corrected chi connectivity index (χ1v) is 7.10. The Morgan fingerprint density at radius 3 is 2.50 bits per heavy atom. The van der Waals surface area contributed by atoms with Crippen LogP contribution < -0.4 is 0 Å². The molecular weight excluding hydrogens is 230 g/mol. The molecule has 0 aromatic carbocycles. The van der Waals surface area contributed by atoms with E-state index in [1.165, 1.54) is 32.1 Å². The number of carboxylic acid groups (broad SMARTS) is 1. The van der Waals surface area contributed by atoms with Crippen molar-refractivity contribution in [1.29, 1.82) is 0 Å². The lowest BCUT2D eigenvalue weighted by molar-refractivity contribution is -0.137. The molecule has 1 fully saturated rings. The summed E-state index contributed by atoms with van der Waals surface area (Å²) in [5.74, 6) is -0.0207. The van der Waals surface area contributed by atoms with Gasteiger partial charge >= 0.3 is 5.97 Å². The molecule has 0 spiro atoms. The second-order valence-corrected chi connectivity index (χ2v) is 5.30. The van der Waals surface area contributed by atoms with E-state index in [0.29, 0.717) is 6.54 Å². The number of carbonyl (C=O) groups is 2. The molecule has 0 atom stereocenters. The second kappa shape index (κ2) is 8.11. The van der Waals surface area contributed by atoms with Gasteiger partial charge in [-0.2, -0.15) is 0 Å². The number of unbranched alkanes of at least 4 members (excludes halogenated alkanes) is 1. The monoisotopic (exact) mass is 255 g/mol. The van der Waals surface area contributed by atoms with Crippen molar-refractivity contribution in [2.24, 2.45) is 5.92 Å². The molecule has 1 rings (SSSR count). The Bertz CT molecular complexity index is 260. The van der Waals surface area contributed by atoms with Crippen LogP contribution in [0, 0.1) is 5.92 Å². The van der Waals surface area contributed by atoms with Gasteiger partial charge in [0.15, 0.2) is 0 Å². The predicted octanol–water partition coefficient (Wildman–Crippen LogP) is 2.67. The number of aliphatic carboxylic acids is 1. The molecular formula is C14H25NO3. The van der Waals surface area contributed by atoms with E-state index >= 15 is 0 Å². The summed E-state index contributed by atoms with van der Waals surface area (Å²) in [6.45, 7) is 2.56. The molecule has 1 N–H and O–H groups in total. The largest absolute Gasteiger partial charge is 0.481 e. The summed E-state index contributed by atoms with van der Waals surface area (Å²) in [5, 5.41) is 8.65. The van der Waals surface area contributed by atoms with Crippen molar-refractivity contribution in [2.75, 3.05) is 6.54 Å². The average Bonchev–Trinajstić information content (AvgIpc) is 2.38. The van der Waals surface area contributed by atoms with Gasteiger partial charge < -0.3 is 10.0 Å². The first-order chi connectivity index (χ1) is 8.67. The zero-order chi connectivity index (χ0) is 13.4. The molecule has 0 aliphatic heterocycles. The normalized spacial score (nSPS) is 23.6. The molecule has 104 valence electrons. The lowest BCUT2D eigenvalue weighted by Crippen LogP contribution is -2.38. The molecule has 4 nitrogen and oxygen atoms in total. The number of carbonyl (C=O) groups excluding carboxylic acids is 1. The van der Waals surface area contributed by atoms with E-state index in [9.17, 15) is 9.59 Å². The number of amides is 1. The summed E-state index contributed by atoms with van der Waals surface area (Å²) >= 11 is 0. The van der Waals surface area contributed by atoms with Crippen LogP contribution in [-0.4, -0.2) is 35.0 Å². The number of rotatable bonds is 8. The Kier molecular flexibility index (Phi) is 6.76. The highest BCUT2D eigenvalue weighted by molar-refractivity contribution is 5.67. The molecule has 0 aromatic heterocycles. The van der Waals surface area contributed by atoms with Crippen LogP contribution in [0.5, 0.6) is 0 Å². The van der Waals surface area contributed by atoms with Gasteiger partial charge in [0, 0.05) is 12.6 Å². The van der Waals surface area contributed by atoms with Gasteiger partial charge in [-0.25, -0.2) is 0 Å². The van der Waals surface area contributed by atoms with Gasteiger partial charge in [-0.05, 0) is 31.6 Å². The minimum atomic E-state index is -0.835. The average molecular weight is 255 g/mol. The lowest BCUT2D eigenvalue weighted by atomic mass is 9.82. The van der Waals surface area contributed by atoms with Gasteiger partial charge in [0.1, 0.15) is 0 Å². The maximum atomic E-state index is 11.0. The number of nitrogens with zero attached hydrogens (tertiary/aromatic N) is 1. The van der Waals surface area contributed by atoms with Crippen LogP contribution in [0.2, 0.25) is 0 Å². The van der Waals surface area contributed by atoms with Gasteiger partial charge in [-0.3, -0.25) is 9.59 Å². The molecule has 0 radical (unpaired) electrons. The van der Waals surface area contributed by atoms with Gasteiger partial charge in [0.2, 0.25) is 6.41 Å². The summed E-state index contributed by atoms with van der Waals surface area (Å²) in [7, 11) is 0. The number of hydrogen-bond acceptors (Lipinski definition) is 2. The van der Waals surface area contributed by atoms with Crippen molar-refractivity contribution in [1.82, 2.24) is 4.90 Å². The van der Waals surface area contributed by atoms with Gasteiger partial charge in [0.05, 0.1) is 6.42 Å². The fraction of sp³-hybridized carbons (Fsp3) is 0.857. The SMILES string of the molecule is CCCCC1CCC(N(C=O)CCC(=O)O)CC1. The summed E-state index contributed by atoms with van der Waals surface area (Å²) in [5.41, 5.74) is 0. The highest BCUT2D eigenvalue weighted by Gasteiger charge is 2.24. The number of carboxylic acids is 1. The van der Waals surface area contributed by atoms with E-state index in [1.807, 2.05) is 0 Å². The predicted molar refractivity (Wildman–Crippen MR) is 70.3 cm³/mol. The van der Waals surface area contributed by atoms with Gasteiger partial charge in [0.25, 0.3) is 0 Å². The zero-order valence-electron chi connectivity index (χ0n) is 11.3. The second-order valence-electron chi connectivity index (χ2n) is 5.30. The van der Waals surface area contributed by atoms with Crippen LogP contribution in [0.25, 0.3) is 0 Å². The third kappa shape index (κ3) is 5.07. The third-order valence-electron chi connectivity index (χ3n) is 3.97. The van der Waals surface area contributed by atoms with Gasteiger partial charge in [-0.15, -0.1) is 0 Å². The Balaban J connectivity index is 2.30. The lowest BCUT2D eigenvalue weighted by Gasteiger charge is -2.34. The van der Waals surface area contributed by atoms with Crippen molar-refractivity contribution >= 4 is 12.4 Å². The van der Waals surface area contributed by atoms with Crippen LogP contribution in [0.1, 0.15) is 58.3 Å². The molecule has 0 bridgehead atoms. The fourth-order valence-electron chi connectivity index (χ4n) is 2.80. The molecule has 0 unspecified atom stereocenters. The maximum Gasteiger partial charge on any atom is 0.305 e. The number of hydrogen-bond donors (Lipinski definition) is 1. The van der Waals surface area contributed by atoms with Crippen molar-refractivity contribution in [3.8, 4) is 0 Å². The van der Waals surface area contributed by atoms with E-state index in [-0.39, 0.29) is 12.5 Å². The summed E-state index contributed by atoms with van der Waals surface area (Å²) in [6, 6.07) is 0.264. The fourth-order valence-corrected chi connectivity index (χ4v) is 2.80. The zero-order valence-corrected chi connectivity index (χ0v) is 11.3. The molecule has 1 amide bonds. The smallest absolute Gasteiger partial charge is 0.305 e. The van der Waals surface area contributed by atoms with Crippen molar-refractivity contribution in [3.05, 3.63) is 0 Å². The Hall–Kier alpha value is -1.06.